The zero-order valence-corrected chi connectivity index (χ0v) is 4.84. The number of hydrogen-bond acceptors (Lipinski definition) is 1. The largest absolute Gasteiger partial charge is 0.411 e. The van der Waals surface area contributed by atoms with Gasteiger partial charge in [-0.1, -0.05) is 11.6 Å². The fourth-order valence-corrected chi connectivity index (χ4v) is 0.220. The number of rotatable bonds is 2. The summed E-state index contributed by atoms with van der Waals surface area (Å²) in [6.07, 6.45) is -4.51. The van der Waals surface area contributed by atoms with Gasteiger partial charge in [-0.25, -0.2) is 0 Å². The summed E-state index contributed by atoms with van der Waals surface area (Å²) in [6.45, 7) is -1.66. The SMILES string of the molecule is F[C@H](Cl)OCC(F)(F)F. The quantitative estimate of drug-likeness (QED) is 0.451. The molecule has 0 aliphatic carbocycles. The Morgan fingerprint density at radius 3 is 2.00 bits per heavy atom. The summed E-state index contributed by atoms with van der Waals surface area (Å²) in [6, 6.07) is 0. The van der Waals surface area contributed by atoms with E-state index >= 15 is 0 Å². The first-order valence-electron chi connectivity index (χ1n) is 1.88. The van der Waals surface area contributed by atoms with E-state index in [4.69, 9.17) is 0 Å². The van der Waals surface area contributed by atoms with Crippen LogP contribution in [0.1, 0.15) is 0 Å². The summed E-state index contributed by atoms with van der Waals surface area (Å²) in [7, 11) is 0. The van der Waals surface area contributed by atoms with Crippen molar-refractivity contribution in [1.82, 2.24) is 0 Å². The van der Waals surface area contributed by atoms with Crippen LogP contribution < -0.4 is 0 Å². The van der Waals surface area contributed by atoms with Crippen LogP contribution in [-0.4, -0.2) is 18.6 Å². The topological polar surface area (TPSA) is 9.23 Å². The Labute approximate surface area is 53.5 Å². The van der Waals surface area contributed by atoms with Gasteiger partial charge in [0, 0.05) is 0 Å². The van der Waals surface area contributed by atoms with Gasteiger partial charge < -0.3 is 4.74 Å². The second kappa shape index (κ2) is 3.22. The summed E-state index contributed by atoms with van der Waals surface area (Å²) in [5, 5.41) is 0. The number of halogens is 5. The van der Waals surface area contributed by atoms with E-state index in [1.165, 1.54) is 0 Å². The molecule has 0 spiro atoms. The van der Waals surface area contributed by atoms with Crippen LogP contribution in [0.25, 0.3) is 0 Å². The molecule has 0 heterocycles. The third kappa shape index (κ3) is 7.97. The van der Waals surface area contributed by atoms with Crippen molar-refractivity contribution in [1.29, 1.82) is 0 Å². The van der Waals surface area contributed by atoms with Crippen LogP contribution >= 0.6 is 11.6 Å². The molecule has 0 aliphatic rings. The molecule has 0 bridgehead atoms. The molecule has 0 saturated carbocycles. The van der Waals surface area contributed by atoms with Crippen molar-refractivity contribution in [2.75, 3.05) is 6.61 Å². The highest BCUT2D eigenvalue weighted by atomic mass is 35.5. The van der Waals surface area contributed by atoms with Gasteiger partial charge in [0.05, 0.1) is 0 Å². The Hall–Kier alpha value is -0.0300. The van der Waals surface area contributed by atoms with E-state index in [1.807, 2.05) is 0 Å². The van der Waals surface area contributed by atoms with Crippen molar-refractivity contribution in [3.05, 3.63) is 0 Å². The minimum atomic E-state index is -4.51. The van der Waals surface area contributed by atoms with E-state index in [0.717, 1.165) is 0 Å². The highest BCUT2D eigenvalue weighted by Crippen LogP contribution is 2.16. The van der Waals surface area contributed by atoms with Crippen LogP contribution in [0.15, 0.2) is 0 Å². The molecule has 0 rings (SSSR count). The molecule has 0 fully saturated rings. The molecule has 0 saturated heterocycles. The average Bonchev–Trinajstić information content (AvgIpc) is 1.59. The van der Waals surface area contributed by atoms with Crippen LogP contribution in [-0.2, 0) is 4.74 Å². The molecule has 0 unspecified atom stereocenters. The van der Waals surface area contributed by atoms with Gasteiger partial charge in [0.25, 0.3) is 5.82 Å². The summed E-state index contributed by atoms with van der Waals surface area (Å²) >= 11 is 4.39. The Bertz CT molecular complexity index is 80.4. The number of alkyl halides is 5. The lowest BCUT2D eigenvalue weighted by atomic mass is 10.7. The van der Waals surface area contributed by atoms with E-state index in [2.05, 4.69) is 16.3 Å². The predicted molar refractivity (Wildman–Crippen MR) is 22.8 cm³/mol. The molecule has 0 aromatic carbocycles. The maximum atomic E-state index is 11.3. The fourth-order valence-electron chi connectivity index (χ4n) is 0.157. The minimum absolute atomic E-state index is 1.66. The first-order chi connectivity index (χ1) is 3.92. The molecule has 9 heavy (non-hydrogen) atoms. The molecular weight excluding hydrogens is 163 g/mol. The Morgan fingerprint density at radius 2 is 1.89 bits per heavy atom. The number of ether oxygens (including phenoxy) is 1. The average molecular weight is 167 g/mol. The molecule has 0 aromatic heterocycles. The molecule has 1 atom stereocenters. The van der Waals surface area contributed by atoms with Crippen molar-refractivity contribution in [2.24, 2.45) is 0 Å². The van der Waals surface area contributed by atoms with Gasteiger partial charge in [0.15, 0.2) is 0 Å². The summed E-state index contributed by atoms with van der Waals surface area (Å²) < 4.78 is 47.9. The van der Waals surface area contributed by atoms with Crippen molar-refractivity contribution in [3.63, 3.8) is 0 Å². The number of hydrogen-bond donors (Lipinski definition) is 0. The fraction of sp³-hybridized carbons (Fsp3) is 1.00. The Kier molecular flexibility index (Phi) is 3.21. The highest BCUT2D eigenvalue weighted by molar-refractivity contribution is 6.18. The Balaban J connectivity index is 3.28. The lowest BCUT2D eigenvalue weighted by Crippen LogP contribution is -2.18. The molecule has 0 aromatic rings. The molecular formula is C3H3ClF4O. The van der Waals surface area contributed by atoms with E-state index in [1.54, 1.807) is 0 Å². The van der Waals surface area contributed by atoms with Gasteiger partial charge in [-0.15, -0.1) is 0 Å². The smallest absolute Gasteiger partial charge is 0.327 e. The maximum Gasteiger partial charge on any atom is 0.411 e. The van der Waals surface area contributed by atoms with Crippen LogP contribution in [0, 0.1) is 0 Å². The maximum absolute atomic E-state index is 11.3. The van der Waals surface area contributed by atoms with Crippen molar-refractivity contribution in [3.8, 4) is 0 Å². The van der Waals surface area contributed by atoms with Crippen LogP contribution in [0.5, 0.6) is 0 Å². The van der Waals surface area contributed by atoms with Crippen LogP contribution in [0.2, 0.25) is 0 Å². The van der Waals surface area contributed by atoms with Crippen molar-refractivity contribution >= 4 is 11.6 Å². The normalized spacial score (nSPS) is 15.7. The Morgan fingerprint density at radius 1 is 1.44 bits per heavy atom. The van der Waals surface area contributed by atoms with E-state index < -0.39 is 18.6 Å². The molecule has 0 aliphatic heterocycles. The molecule has 0 amide bonds. The van der Waals surface area contributed by atoms with Gasteiger partial charge in [0.1, 0.15) is 6.61 Å². The summed E-state index contributed by atoms with van der Waals surface area (Å²) in [5.41, 5.74) is 0. The molecule has 56 valence electrons. The van der Waals surface area contributed by atoms with Gasteiger partial charge in [-0.3, -0.25) is 0 Å². The van der Waals surface area contributed by atoms with Crippen molar-refractivity contribution in [2.45, 2.75) is 12.0 Å². The summed E-state index contributed by atoms with van der Waals surface area (Å²) in [5.74, 6) is -2.38. The van der Waals surface area contributed by atoms with Crippen LogP contribution in [0.3, 0.4) is 0 Å². The first-order valence-corrected chi connectivity index (χ1v) is 2.32. The standard InChI is InChI=1S/C3H3ClF4O/c4-2(5)9-1-3(6,7)8/h2H,1H2/t2-/m0/s1. The monoisotopic (exact) mass is 166 g/mol. The third-order valence-corrected chi connectivity index (χ3v) is 0.499. The molecule has 6 heteroatoms. The second-order valence-electron chi connectivity index (χ2n) is 1.19. The summed E-state index contributed by atoms with van der Waals surface area (Å²) in [4.78, 5) is 0. The van der Waals surface area contributed by atoms with Gasteiger partial charge in [-0.2, -0.15) is 17.6 Å². The second-order valence-corrected chi connectivity index (χ2v) is 1.53. The van der Waals surface area contributed by atoms with Gasteiger partial charge in [0.2, 0.25) is 0 Å². The predicted octanol–water partition coefficient (Wildman–Crippen LogP) is 2.06. The zero-order valence-electron chi connectivity index (χ0n) is 4.08. The van der Waals surface area contributed by atoms with E-state index in [9.17, 15) is 17.6 Å². The lowest BCUT2D eigenvalue weighted by molar-refractivity contribution is -0.188. The van der Waals surface area contributed by atoms with Crippen LogP contribution in [0.4, 0.5) is 17.6 Å². The highest BCUT2D eigenvalue weighted by Gasteiger charge is 2.28. The van der Waals surface area contributed by atoms with Crippen molar-refractivity contribution < 1.29 is 22.3 Å². The minimum Gasteiger partial charge on any atom is -0.327 e. The van der Waals surface area contributed by atoms with E-state index in [-0.39, 0.29) is 0 Å². The van der Waals surface area contributed by atoms with Gasteiger partial charge in [-0.05, 0) is 0 Å². The zero-order chi connectivity index (χ0) is 7.49. The lowest BCUT2D eigenvalue weighted by Gasteiger charge is -2.05. The van der Waals surface area contributed by atoms with Gasteiger partial charge >= 0.3 is 6.18 Å². The first kappa shape index (κ1) is 8.97. The molecule has 0 radical (unpaired) electrons. The van der Waals surface area contributed by atoms with E-state index in [0.29, 0.717) is 0 Å². The molecule has 1 nitrogen and oxygen atoms in total. The third-order valence-electron chi connectivity index (χ3n) is 0.373. The molecule has 0 N–H and O–H groups in total.